The molecule has 0 unspecified atom stereocenters. The molecule has 0 radical (unpaired) electrons. The molecule has 25 heavy (non-hydrogen) atoms. The average molecular weight is 419 g/mol. The number of rotatable bonds is 5. The van der Waals surface area contributed by atoms with E-state index < -0.39 is 40.6 Å². The van der Waals surface area contributed by atoms with E-state index in [1.807, 2.05) is 0 Å². The van der Waals surface area contributed by atoms with Gasteiger partial charge in [0.05, 0.1) is 10.6 Å². The van der Waals surface area contributed by atoms with Crippen LogP contribution in [0, 0.1) is 10.1 Å². The summed E-state index contributed by atoms with van der Waals surface area (Å²) in [6.45, 7) is -0.692. The van der Waals surface area contributed by atoms with E-state index in [0.29, 0.717) is 16.2 Å². The second kappa shape index (κ2) is 7.51. The summed E-state index contributed by atoms with van der Waals surface area (Å²) in [5.74, 6) is -1.35. The molecule has 0 saturated carbocycles. The third kappa shape index (κ3) is 4.92. The molecule has 0 saturated heterocycles. The van der Waals surface area contributed by atoms with Gasteiger partial charge in [-0.05, 0) is 34.1 Å². The molecule has 0 bridgehead atoms. The highest BCUT2D eigenvalue weighted by atomic mass is 79.9. The van der Waals surface area contributed by atoms with E-state index in [4.69, 9.17) is 4.74 Å². The zero-order chi connectivity index (χ0) is 18.6. The third-order valence-corrected chi connectivity index (χ3v) is 3.68. The largest absolute Gasteiger partial charge is 0.483 e. The van der Waals surface area contributed by atoms with Gasteiger partial charge in [0.25, 0.3) is 11.6 Å². The van der Waals surface area contributed by atoms with E-state index in [1.54, 1.807) is 24.3 Å². The zero-order valence-electron chi connectivity index (χ0n) is 12.3. The number of ether oxygens (including phenoxy) is 1. The summed E-state index contributed by atoms with van der Waals surface area (Å²) in [6.07, 6.45) is -4.86. The quantitative estimate of drug-likeness (QED) is 0.576. The Morgan fingerprint density at radius 1 is 1.24 bits per heavy atom. The molecular formula is C15H10BrF3N2O4. The van der Waals surface area contributed by atoms with E-state index in [-0.39, 0.29) is 0 Å². The highest BCUT2D eigenvalue weighted by Gasteiger charge is 2.36. The number of halogens is 4. The van der Waals surface area contributed by atoms with Crippen LogP contribution in [-0.2, 0) is 11.0 Å². The Morgan fingerprint density at radius 3 is 2.52 bits per heavy atom. The number of hydrogen-bond donors (Lipinski definition) is 1. The van der Waals surface area contributed by atoms with E-state index in [9.17, 15) is 28.1 Å². The predicted molar refractivity (Wildman–Crippen MR) is 86.4 cm³/mol. The zero-order valence-corrected chi connectivity index (χ0v) is 13.9. The van der Waals surface area contributed by atoms with Crippen LogP contribution in [0.3, 0.4) is 0 Å². The molecule has 0 heterocycles. The van der Waals surface area contributed by atoms with Gasteiger partial charge in [0.2, 0.25) is 0 Å². The highest BCUT2D eigenvalue weighted by molar-refractivity contribution is 9.10. The number of nitro benzene ring substituents is 1. The number of alkyl halides is 3. The van der Waals surface area contributed by atoms with Gasteiger partial charge in [0, 0.05) is 16.6 Å². The molecule has 0 aliphatic heterocycles. The van der Waals surface area contributed by atoms with E-state index in [0.717, 1.165) is 12.1 Å². The van der Waals surface area contributed by atoms with Gasteiger partial charge in [0.15, 0.2) is 6.61 Å². The minimum Gasteiger partial charge on any atom is -0.483 e. The highest BCUT2D eigenvalue weighted by Crippen LogP contribution is 2.38. The molecule has 0 spiro atoms. The number of carbonyl (C=O) groups is 1. The van der Waals surface area contributed by atoms with Gasteiger partial charge >= 0.3 is 6.18 Å². The second-order valence-corrected chi connectivity index (χ2v) is 5.61. The molecule has 2 aromatic carbocycles. The monoisotopic (exact) mass is 418 g/mol. The summed E-state index contributed by atoms with van der Waals surface area (Å²) in [5, 5.41) is 13.1. The van der Waals surface area contributed by atoms with Gasteiger partial charge in [0.1, 0.15) is 11.3 Å². The van der Waals surface area contributed by atoms with Crippen molar-refractivity contribution in [3.8, 4) is 5.75 Å². The molecular weight excluding hydrogens is 409 g/mol. The number of benzene rings is 2. The van der Waals surface area contributed by atoms with Crippen LogP contribution in [0.1, 0.15) is 5.56 Å². The van der Waals surface area contributed by atoms with Crippen molar-refractivity contribution >= 4 is 33.2 Å². The fourth-order valence-corrected chi connectivity index (χ4v) is 2.25. The van der Waals surface area contributed by atoms with Gasteiger partial charge in [-0.25, -0.2) is 0 Å². The van der Waals surface area contributed by atoms with Crippen molar-refractivity contribution in [3.63, 3.8) is 0 Å². The summed E-state index contributed by atoms with van der Waals surface area (Å²) in [4.78, 5) is 21.5. The van der Waals surface area contributed by atoms with Crippen molar-refractivity contribution in [3.05, 3.63) is 62.6 Å². The predicted octanol–water partition coefficient (Wildman–Crippen LogP) is 4.39. The van der Waals surface area contributed by atoms with Gasteiger partial charge in [-0.15, -0.1) is 0 Å². The number of nitrogens with one attached hydrogen (secondary N) is 1. The third-order valence-electron chi connectivity index (χ3n) is 2.99. The van der Waals surface area contributed by atoms with Gasteiger partial charge in [-0.2, -0.15) is 13.2 Å². The molecule has 1 N–H and O–H groups in total. The number of carbonyl (C=O) groups excluding carboxylic acids is 1. The topological polar surface area (TPSA) is 81.5 Å². The fourth-order valence-electron chi connectivity index (χ4n) is 1.87. The lowest BCUT2D eigenvalue weighted by atomic mass is 10.1. The second-order valence-electron chi connectivity index (χ2n) is 4.75. The molecule has 10 heteroatoms. The molecule has 2 rings (SSSR count). The van der Waals surface area contributed by atoms with E-state index in [1.165, 1.54) is 0 Å². The molecule has 0 atom stereocenters. The van der Waals surface area contributed by atoms with Crippen LogP contribution in [0.2, 0.25) is 0 Å². The molecule has 0 aliphatic rings. The number of hydrogen-bond acceptors (Lipinski definition) is 4. The fraction of sp³-hybridized carbons (Fsp3) is 0.133. The number of amides is 1. The van der Waals surface area contributed by atoms with Crippen molar-refractivity contribution in [1.29, 1.82) is 0 Å². The van der Waals surface area contributed by atoms with Crippen LogP contribution < -0.4 is 10.1 Å². The van der Waals surface area contributed by atoms with Crippen molar-refractivity contribution < 1.29 is 27.6 Å². The summed E-state index contributed by atoms with van der Waals surface area (Å²) in [6, 6.07) is 8.70. The lowest BCUT2D eigenvalue weighted by Gasteiger charge is -2.14. The first-order chi connectivity index (χ1) is 11.7. The van der Waals surface area contributed by atoms with Crippen molar-refractivity contribution in [1.82, 2.24) is 0 Å². The summed E-state index contributed by atoms with van der Waals surface area (Å²) in [7, 11) is 0. The number of anilines is 1. The first kappa shape index (κ1) is 18.7. The van der Waals surface area contributed by atoms with Crippen LogP contribution in [0.5, 0.6) is 5.75 Å². The smallest absolute Gasteiger partial charge is 0.420 e. The normalized spacial score (nSPS) is 11.0. The first-order valence-corrected chi connectivity index (χ1v) is 7.50. The molecule has 132 valence electrons. The van der Waals surface area contributed by atoms with Crippen molar-refractivity contribution in [2.75, 3.05) is 11.9 Å². The molecule has 6 nitrogen and oxygen atoms in total. The molecule has 0 aromatic heterocycles. The molecule has 0 fully saturated rings. The number of non-ortho nitro benzene ring substituents is 1. The van der Waals surface area contributed by atoms with Crippen LogP contribution >= 0.6 is 15.9 Å². The lowest BCUT2D eigenvalue weighted by Crippen LogP contribution is -2.21. The Hall–Kier alpha value is -2.62. The van der Waals surface area contributed by atoms with Crippen molar-refractivity contribution in [2.24, 2.45) is 0 Å². The number of nitrogens with zero attached hydrogens (tertiary/aromatic N) is 1. The molecule has 1 amide bonds. The maximum atomic E-state index is 13.0. The SMILES string of the molecule is O=C(COc1ccc([N+](=O)[O-])cc1C(F)(F)F)Nc1ccccc1Br. The van der Waals surface area contributed by atoms with Crippen LogP contribution in [0.4, 0.5) is 24.5 Å². The van der Waals surface area contributed by atoms with Crippen molar-refractivity contribution in [2.45, 2.75) is 6.18 Å². The molecule has 0 aliphatic carbocycles. The standard InChI is InChI=1S/C15H10BrF3N2O4/c16-11-3-1-2-4-12(11)20-14(22)8-25-13-6-5-9(21(23)24)7-10(13)15(17,18)19/h1-7H,8H2,(H,20,22). The van der Waals surface area contributed by atoms with Crippen LogP contribution in [0.15, 0.2) is 46.9 Å². The van der Waals surface area contributed by atoms with Gasteiger partial charge in [-0.3, -0.25) is 14.9 Å². The number of nitro groups is 1. The number of para-hydroxylation sites is 1. The Kier molecular flexibility index (Phi) is 5.62. The Morgan fingerprint density at radius 2 is 1.92 bits per heavy atom. The van der Waals surface area contributed by atoms with Gasteiger partial charge < -0.3 is 10.1 Å². The lowest BCUT2D eigenvalue weighted by molar-refractivity contribution is -0.385. The van der Waals surface area contributed by atoms with E-state index in [2.05, 4.69) is 21.2 Å². The minimum absolute atomic E-state index is 0.362. The van der Waals surface area contributed by atoms with Crippen LogP contribution in [-0.4, -0.2) is 17.4 Å². The maximum absolute atomic E-state index is 13.0. The van der Waals surface area contributed by atoms with Crippen LogP contribution in [0.25, 0.3) is 0 Å². The summed E-state index contributed by atoms with van der Waals surface area (Å²) >= 11 is 3.21. The minimum atomic E-state index is -4.86. The Labute approximate surface area is 147 Å². The molecule has 2 aromatic rings. The Balaban J connectivity index is 2.13. The summed E-state index contributed by atoms with van der Waals surface area (Å²) in [5.41, 5.74) is -1.62. The Bertz CT molecular complexity index is 812. The average Bonchev–Trinajstić information content (AvgIpc) is 2.54. The van der Waals surface area contributed by atoms with E-state index >= 15 is 0 Å². The van der Waals surface area contributed by atoms with Gasteiger partial charge in [-0.1, -0.05) is 12.1 Å². The first-order valence-electron chi connectivity index (χ1n) is 6.71. The maximum Gasteiger partial charge on any atom is 0.420 e. The summed E-state index contributed by atoms with van der Waals surface area (Å²) < 4.78 is 44.5.